The SMILES string of the molecule is COc1ccc(N2CC(C(=O)NCc3cn(CC(=O)O)nn3)CC2=O)cc1. The number of hydrogen-bond acceptors (Lipinski definition) is 6. The molecule has 1 aromatic carbocycles. The van der Waals surface area contributed by atoms with E-state index >= 15 is 0 Å². The van der Waals surface area contributed by atoms with Crippen LogP contribution in [-0.4, -0.2) is 51.5 Å². The molecule has 0 radical (unpaired) electrons. The number of ether oxygens (including phenoxy) is 1. The number of carboxylic acids is 1. The predicted octanol–water partition coefficient (Wildman–Crippen LogP) is 0.0406. The highest BCUT2D eigenvalue weighted by Gasteiger charge is 2.35. The Labute approximate surface area is 154 Å². The second kappa shape index (κ2) is 7.85. The first-order valence-electron chi connectivity index (χ1n) is 8.29. The standard InChI is InChI=1S/C17H19N5O5/c1-27-14-4-2-13(3-5-14)22-8-11(6-15(22)23)17(26)18-7-12-9-21(20-19-12)10-16(24)25/h2-5,9,11H,6-8,10H2,1H3,(H,18,26)(H,24,25). The van der Waals surface area contributed by atoms with Gasteiger partial charge in [-0.25, -0.2) is 4.68 Å². The number of methoxy groups -OCH3 is 1. The van der Waals surface area contributed by atoms with Crippen molar-refractivity contribution in [3.63, 3.8) is 0 Å². The van der Waals surface area contributed by atoms with E-state index in [4.69, 9.17) is 9.84 Å². The first-order chi connectivity index (χ1) is 13.0. The summed E-state index contributed by atoms with van der Waals surface area (Å²) >= 11 is 0. The molecule has 2 aromatic rings. The van der Waals surface area contributed by atoms with Crippen LogP contribution in [0, 0.1) is 5.92 Å². The molecule has 2 heterocycles. The van der Waals surface area contributed by atoms with Crippen molar-refractivity contribution in [2.45, 2.75) is 19.5 Å². The van der Waals surface area contributed by atoms with Gasteiger partial charge in [0.2, 0.25) is 11.8 Å². The van der Waals surface area contributed by atoms with Crippen LogP contribution >= 0.6 is 0 Å². The minimum Gasteiger partial charge on any atom is -0.497 e. The molecule has 1 aliphatic rings. The van der Waals surface area contributed by atoms with E-state index < -0.39 is 11.9 Å². The zero-order valence-electron chi connectivity index (χ0n) is 14.7. The summed E-state index contributed by atoms with van der Waals surface area (Å²) in [5.74, 6) is -1.18. The third-order valence-corrected chi connectivity index (χ3v) is 4.21. The molecule has 1 unspecified atom stereocenters. The Hall–Kier alpha value is -3.43. The molecule has 1 aromatic heterocycles. The van der Waals surface area contributed by atoms with Gasteiger partial charge in [-0.05, 0) is 24.3 Å². The average molecular weight is 373 g/mol. The van der Waals surface area contributed by atoms with Crippen LogP contribution in [0.1, 0.15) is 12.1 Å². The lowest BCUT2D eigenvalue weighted by molar-refractivity contribution is -0.138. The van der Waals surface area contributed by atoms with Gasteiger partial charge >= 0.3 is 5.97 Å². The fourth-order valence-electron chi connectivity index (χ4n) is 2.85. The van der Waals surface area contributed by atoms with E-state index in [1.165, 1.54) is 10.9 Å². The van der Waals surface area contributed by atoms with E-state index in [2.05, 4.69) is 15.6 Å². The fourth-order valence-corrected chi connectivity index (χ4v) is 2.85. The lowest BCUT2D eigenvalue weighted by Gasteiger charge is -2.17. The number of nitrogens with zero attached hydrogens (tertiary/aromatic N) is 4. The van der Waals surface area contributed by atoms with Gasteiger partial charge in [0.05, 0.1) is 25.8 Å². The molecule has 0 saturated carbocycles. The Balaban J connectivity index is 1.55. The zero-order valence-corrected chi connectivity index (χ0v) is 14.7. The number of rotatable bonds is 7. The fraction of sp³-hybridized carbons (Fsp3) is 0.353. The highest BCUT2D eigenvalue weighted by molar-refractivity contribution is 6.00. The van der Waals surface area contributed by atoms with Gasteiger partial charge in [0.1, 0.15) is 18.0 Å². The smallest absolute Gasteiger partial charge is 0.325 e. The van der Waals surface area contributed by atoms with E-state index in [1.807, 2.05) is 0 Å². The molecular formula is C17H19N5O5. The molecule has 0 bridgehead atoms. The predicted molar refractivity (Wildman–Crippen MR) is 93.0 cm³/mol. The topological polar surface area (TPSA) is 127 Å². The summed E-state index contributed by atoms with van der Waals surface area (Å²) < 4.78 is 6.28. The summed E-state index contributed by atoms with van der Waals surface area (Å²) in [4.78, 5) is 36.8. The Morgan fingerprint density at radius 3 is 2.74 bits per heavy atom. The number of aliphatic carboxylic acids is 1. The van der Waals surface area contributed by atoms with E-state index in [9.17, 15) is 14.4 Å². The molecule has 27 heavy (non-hydrogen) atoms. The normalized spacial score (nSPS) is 16.4. The van der Waals surface area contributed by atoms with Crippen LogP contribution in [0.25, 0.3) is 0 Å². The third-order valence-electron chi connectivity index (χ3n) is 4.21. The molecule has 142 valence electrons. The van der Waals surface area contributed by atoms with Gasteiger partial charge in [0.15, 0.2) is 0 Å². The van der Waals surface area contributed by atoms with Gasteiger partial charge in [0.25, 0.3) is 0 Å². The van der Waals surface area contributed by atoms with Gasteiger partial charge < -0.3 is 20.1 Å². The van der Waals surface area contributed by atoms with Crippen LogP contribution in [0.4, 0.5) is 5.69 Å². The lowest BCUT2D eigenvalue weighted by Crippen LogP contribution is -2.32. The van der Waals surface area contributed by atoms with Gasteiger partial charge in [-0.1, -0.05) is 5.21 Å². The van der Waals surface area contributed by atoms with E-state index in [1.54, 1.807) is 36.3 Å². The number of anilines is 1. The molecule has 2 amide bonds. The minimum absolute atomic E-state index is 0.117. The number of amides is 2. The minimum atomic E-state index is -1.03. The molecule has 0 spiro atoms. The second-order valence-electron chi connectivity index (χ2n) is 6.12. The Kier molecular flexibility index (Phi) is 5.34. The van der Waals surface area contributed by atoms with Gasteiger partial charge in [0, 0.05) is 18.7 Å². The number of nitrogens with one attached hydrogen (secondary N) is 1. The molecule has 0 aliphatic carbocycles. The Bertz CT molecular complexity index is 848. The molecule has 1 atom stereocenters. The number of aromatic nitrogens is 3. The maximum atomic E-state index is 12.4. The lowest BCUT2D eigenvalue weighted by atomic mass is 10.1. The summed E-state index contributed by atoms with van der Waals surface area (Å²) in [6, 6.07) is 7.07. The van der Waals surface area contributed by atoms with Crippen molar-refractivity contribution in [3.05, 3.63) is 36.2 Å². The molecule has 2 N–H and O–H groups in total. The van der Waals surface area contributed by atoms with Gasteiger partial charge in [-0.3, -0.25) is 14.4 Å². The van der Waals surface area contributed by atoms with E-state index in [-0.39, 0.29) is 31.3 Å². The Morgan fingerprint density at radius 1 is 1.33 bits per heavy atom. The number of carbonyl (C=O) groups excluding carboxylic acids is 2. The summed E-state index contributed by atoms with van der Waals surface area (Å²) in [6.07, 6.45) is 1.58. The number of benzene rings is 1. The summed E-state index contributed by atoms with van der Waals surface area (Å²) in [7, 11) is 1.57. The second-order valence-corrected chi connectivity index (χ2v) is 6.12. The largest absolute Gasteiger partial charge is 0.497 e. The monoisotopic (exact) mass is 373 g/mol. The maximum absolute atomic E-state index is 12.4. The van der Waals surface area contributed by atoms with Crippen LogP contribution in [0.15, 0.2) is 30.5 Å². The molecule has 10 nitrogen and oxygen atoms in total. The molecule has 3 rings (SSSR count). The third kappa shape index (κ3) is 4.40. The summed E-state index contributed by atoms with van der Waals surface area (Å²) in [5.41, 5.74) is 1.16. The van der Waals surface area contributed by atoms with Crippen molar-refractivity contribution < 1.29 is 24.2 Å². The van der Waals surface area contributed by atoms with Crippen LogP contribution < -0.4 is 15.0 Å². The number of hydrogen-bond donors (Lipinski definition) is 2. The van der Waals surface area contributed by atoms with Gasteiger partial charge in [-0.2, -0.15) is 0 Å². The van der Waals surface area contributed by atoms with Crippen molar-refractivity contribution >= 4 is 23.5 Å². The van der Waals surface area contributed by atoms with Crippen LogP contribution in [0.3, 0.4) is 0 Å². The molecule has 1 fully saturated rings. The van der Waals surface area contributed by atoms with E-state index in [0.29, 0.717) is 23.7 Å². The molecule has 1 aliphatic heterocycles. The summed E-state index contributed by atoms with van der Waals surface area (Å²) in [6.45, 7) is 0.114. The first-order valence-corrected chi connectivity index (χ1v) is 8.29. The summed E-state index contributed by atoms with van der Waals surface area (Å²) in [5, 5.41) is 18.9. The van der Waals surface area contributed by atoms with Crippen molar-refractivity contribution in [1.82, 2.24) is 20.3 Å². The highest BCUT2D eigenvalue weighted by atomic mass is 16.5. The first kappa shape index (κ1) is 18.4. The Morgan fingerprint density at radius 2 is 2.07 bits per heavy atom. The molecular weight excluding hydrogens is 354 g/mol. The van der Waals surface area contributed by atoms with Gasteiger partial charge in [-0.15, -0.1) is 5.10 Å². The van der Waals surface area contributed by atoms with Crippen molar-refractivity contribution in [2.24, 2.45) is 5.92 Å². The maximum Gasteiger partial charge on any atom is 0.325 e. The quantitative estimate of drug-likeness (QED) is 0.701. The average Bonchev–Trinajstić information content (AvgIpc) is 3.25. The van der Waals surface area contributed by atoms with Crippen molar-refractivity contribution in [3.8, 4) is 5.75 Å². The van der Waals surface area contributed by atoms with Crippen molar-refractivity contribution in [2.75, 3.05) is 18.6 Å². The number of carbonyl (C=O) groups is 3. The van der Waals surface area contributed by atoms with Crippen LogP contribution in [-0.2, 0) is 27.5 Å². The number of carboxylic acid groups (broad SMARTS) is 1. The van der Waals surface area contributed by atoms with Crippen LogP contribution in [0.2, 0.25) is 0 Å². The van der Waals surface area contributed by atoms with Crippen molar-refractivity contribution in [1.29, 1.82) is 0 Å². The molecule has 1 saturated heterocycles. The zero-order chi connectivity index (χ0) is 19.4. The van der Waals surface area contributed by atoms with Crippen LogP contribution in [0.5, 0.6) is 5.75 Å². The highest BCUT2D eigenvalue weighted by Crippen LogP contribution is 2.26. The molecule has 10 heteroatoms. The van der Waals surface area contributed by atoms with E-state index in [0.717, 1.165) is 0 Å².